The summed E-state index contributed by atoms with van der Waals surface area (Å²) >= 11 is 0. The second kappa shape index (κ2) is 8.48. The minimum atomic E-state index is -0.331. The van der Waals surface area contributed by atoms with Gasteiger partial charge in [0.25, 0.3) is 0 Å². The molecule has 0 spiro atoms. The number of amides is 2. The Bertz CT molecular complexity index is 607. The predicted molar refractivity (Wildman–Crippen MR) is 102 cm³/mol. The number of aryl methyl sites for hydroxylation is 1. The lowest BCUT2D eigenvalue weighted by atomic mass is 9.94. The van der Waals surface area contributed by atoms with Crippen molar-refractivity contribution in [3.05, 3.63) is 29.8 Å². The molecule has 1 saturated heterocycles. The number of hydrogen-bond acceptors (Lipinski definition) is 3. The Morgan fingerprint density at radius 2 is 1.80 bits per heavy atom. The van der Waals surface area contributed by atoms with Gasteiger partial charge >= 0.3 is 0 Å². The summed E-state index contributed by atoms with van der Waals surface area (Å²) in [6.07, 6.45) is 1.43. The average Bonchev–Trinajstić information content (AvgIpc) is 2.79. The Balaban J connectivity index is 1.79. The van der Waals surface area contributed by atoms with Crippen LogP contribution >= 0.6 is 0 Å². The molecule has 1 heterocycles. The van der Waals surface area contributed by atoms with Crippen molar-refractivity contribution in [3.8, 4) is 0 Å². The van der Waals surface area contributed by atoms with Crippen LogP contribution in [0.5, 0.6) is 0 Å². The third kappa shape index (κ3) is 5.85. The van der Waals surface area contributed by atoms with Crippen molar-refractivity contribution < 1.29 is 9.59 Å². The zero-order valence-corrected chi connectivity index (χ0v) is 16.0. The fourth-order valence-electron chi connectivity index (χ4n) is 3.06. The first kappa shape index (κ1) is 19.4. The molecule has 1 aromatic carbocycles. The number of carbonyl (C=O) groups is 2. The van der Waals surface area contributed by atoms with E-state index in [1.807, 2.05) is 56.9 Å². The van der Waals surface area contributed by atoms with Crippen molar-refractivity contribution in [2.45, 2.75) is 40.5 Å². The second-order valence-electron chi connectivity index (χ2n) is 7.85. The minimum Gasteiger partial charge on any atom is -0.341 e. The largest absolute Gasteiger partial charge is 0.341 e. The van der Waals surface area contributed by atoms with Crippen molar-refractivity contribution in [2.75, 3.05) is 38.0 Å². The molecular weight excluding hydrogens is 314 g/mol. The van der Waals surface area contributed by atoms with Crippen LogP contribution in [-0.4, -0.2) is 54.3 Å². The van der Waals surface area contributed by atoms with Gasteiger partial charge in [-0.05, 0) is 31.5 Å². The standard InChI is InChI=1S/C20H31N3O2/c1-16-8-5-6-9-17(16)21-18(24)10-13-22-11-7-12-23(15-14-22)19(25)20(2,3)4/h5-6,8-9H,7,10-15H2,1-4H3,(H,21,24). The van der Waals surface area contributed by atoms with Crippen LogP contribution in [0.25, 0.3) is 0 Å². The number of rotatable bonds is 4. The molecule has 0 bridgehead atoms. The van der Waals surface area contributed by atoms with E-state index in [0.29, 0.717) is 6.42 Å². The summed E-state index contributed by atoms with van der Waals surface area (Å²) in [5.41, 5.74) is 1.62. The molecule has 1 aliphatic heterocycles. The number of benzene rings is 1. The molecule has 2 rings (SSSR count). The molecule has 25 heavy (non-hydrogen) atoms. The molecule has 138 valence electrons. The van der Waals surface area contributed by atoms with Gasteiger partial charge in [-0.2, -0.15) is 0 Å². The van der Waals surface area contributed by atoms with E-state index >= 15 is 0 Å². The van der Waals surface area contributed by atoms with Crippen molar-refractivity contribution in [1.29, 1.82) is 0 Å². The molecule has 1 aromatic rings. The van der Waals surface area contributed by atoms with Gasteiger partial charge in [-0.15, -0.1) is 0 Å². The zero-order valence-electron chi connectivity index (χ0n) is 16.0. The van der Waals surface area contributed by atoms with Gasteiger partial charge in [0.2, 0.25) is 11.8 Å². The Morgan fingerprint density at radius 1 is 1.08 bits per heavy atom. The summed E-state index contributed by atoms with van der Waals surface area (Å²) in [4.78, 5) is 28.9. The van der Waals surface area contributed by atoms with Crippen LogP contribution in [-0.2, 0) is 9.59 Å². The van der Waals surface area contributed by atoms with Crippen molar-refractivity contribution in [1.82, 2.24) is 9.80 Å². The lowest BCUT2D eigenvalue weighted by molar-refractivity contribution is -0.139. The van der Waals surface area contributed by atoms with E-state index in [2.05, 4.69) is 10.2 Å². The maximum absolute atomic E-state index is 12.4. The molecule has 2 amide bonds. The van der Waals surface area contributed by atoms with E-state index in [9.17, 15) is 9.59 Å². The summed E-state index contributed by atoms with van der Waals surface area (Å²) in [5.74, 6) is 0.257. The van der Waals surface area contributed by atoms with Crippen molar-refractivity contribution in [3.63, 3.8) is 0 Å². The number of anilines is 1. The average molecular weight is 345 g/mol. The molecule has 5 heteroatoms. The fourth-order valence-corrected chi connectivity index (χ4v) is 3.06. The normalized spacial score (nSPS) is 16.4. The summed E-state index contributed by atoms with van der Waals surface area (Å²) in [5, 5.41) is 2.98. The molecule has 0 saturated carbocycles. The summed E-state index contributed by atoms with van der Waals surface area (Å²) < 4.78 is 0. The van der Waals surface area contributed by atoms with E-state index in [0.717, 1.165) is 50.4 Å². The molecule has 1 N–H and O–H groups in total. The van der Waals surface area contributed by atoms with Crippen LogP contribution in [0.15, 0.2) is 24.3 Å². The minimum absolute atomic E-state index is 0.0428. The zero-order chi connectivity index (χ0) is 18.4. The van der Waals surface area contributed by atoms with E-state index in [-0.39, 0.29) is 17.2 Å². The Hall–Kier alpha value is -1.88. The highest BCUT2D eigenvalue weighted by atomic mass is 16.2. The summed E-state index contributed by atoms with van der Waals surface area (Å²) in [6.45, 7) is 11.9. The maximum atomic E-state index is 12.4. The highest BCUT2D eigenvalue weighted by molar-refractivity contribution is 5.91. The van der Waals surface area contributed by atoms with Gasteiger partial charge < -0.3 is 15.1 Å². The fraction of sp³-hybridized carbons (Fsp3) is 0.600. The number of carbonyl (C=O) groups excluding carboxylic acids is 2. The Kier molecular flexibility index (Phi) is 6.59. The molecule has 1 aliphatic rings. The first-order valence-corrected chi connectivity index (χ1v) is 9.14. The molecular formula is C20H31N3O2. The van der Waals surface area contributed by atoms with E-state index in [1.54, 1.807) is 0 Å². The van der Waals surface area contributed by atoms with Crippen LogP contribution < -0.4 is 5.32 Å². The lowest BCUT2D eigenvalue weighted by Crippen LogP contribution is -2.41. The van der Waals surface area contributed by atoms with E-state index in [4.69, 9.17) is 0 Å². The van der Waals surface area contributed by atoms with Crippen LogP contribution in [0, 0.1) is 12.3 Å². The first-order chi connectivity index (χ1) is 11.8. The van der Waals surface area contributed by atoms with Crippen LogP contribution in [0.1, 0.15) is 39.2 Å². The monoisotopic (exact) mass is 345 g/mol. The highest BCUT2D eigenvalue weighted by Gasteiger charge is 2.28. The molecule has 0 aromatic heterocycles. The quantitative estimate of drug-likeness (QED) is 0.913. The highest BCUT2D eigenvalue weighted by Crippen LogP contribution is 2.19. The Morgan fingerprint density at radius 3 is 2.48 bits per heavy atom. The number of nitrogens with zero attached hydrogens (tertiary/aromatic N) is 2. The third-order valence-electron chi connectivity index (χ3n) is 4.59. The van der Waals surface area contributed by atoms with Crippen LogP contribution in [0.2, 0.25) is 0 Å². The topological polar surface area (TPSA) is 52.7 Å². The predicted octanol–water partition coefficient (Wildman–Crippen LogP) is 2.90. The van der Waals surface area contributed by atoms with Gasteiger partial charge in [-0.25, -0.2) is 0 Å². The molecule has 0 aliphatic carbocycles. The van der Waals surface area contributed by atoms with Crippen LogP contribution in [0.4, 0.5) is 5.69 Å². The lowest BCUT2D eigenvalue weighted by Gasteiger charge is -2.28. The van der Waals surface area contributed by atoms with E-state index in [1.165, 1.54) is 0 Å². The van der Waals surface area contributed by atoms with Crippen molar-refractivity contribution in [2.24, 2.45) is 5.41 Å². The third-order valence-corrected chi connectivity index (χ3v) is 4.59. The number of nitrogens with one attached hydrogen (secondary N) is 1. The van der Waals surface area contributed by atoms with Gasteiger partial charge in [0.05, 0.1) is 0 Å². The molecule has 0 atom stereocenters. The Labute approximate surface area is 151 Å². The maximum Gasteiger partial charge on any atom is 0.227 e. The number of para-hydroxylation sites is 1. The first-order valence-electron chi connectivity index (χ1n) is 9.14. The molecule has 0 unspecified atom stereocenters. The molecule has 5 nitrogen and oxygen atoms in total. The van der Waals surface area contributed by atoms with Gasteiger partial charge in [-0.3, -0.25) is 9.59 Å². The number of hydrogen-bond donors (Lipinski definition) is 1. The van der Waals surface area contributed by atoms with Gasteiger partial charge in [0.1, 0.15) is 0 Å². The summed E-state index contributed by atoms with van der Waals surface area (Å²) in [6, 6.07) is 7.81. The summed E-state index contributed by atoms with van der Waals surface area (Å²) in [7, 11) is 0. The molecule has 1 fully saturated rings. The van der Waals surface area contributed by atoms with E-state index < -0.39 is 0 Å². The molecule has 0 radical (unpaired) electrons. The van der Waals surface area contributed by atoms with Gasteiger partial charge in [0.15, 0.2) is 0 Å². The smallest absolute Gasteiger partial charge is 0.227 e. The van der Waals surface area contributed by atoms with Gasteiger partial charge in [0, 0.05) is 43.7 Å². The SMILES string of the molecule is Cc1ccccc1NC(=O)CCN1CCCN(C(=O)C(C)(C)C)CC1. The van der Waals surface area contributed by atoms with Crippen molar-refractivity contribution >= 4 is 17.5 Å². The second-order valence-corrected chi connectivity index (χ2v) is 7.85. The van der Waals surface area contributed by atoms with Crippen LogP contribution in [0.3, 0.4) is 0 Å². The van der Waals surface area contributed by atoms with Gasteiger partial charge in [-0.1, -0.05) is 39.0 Å².